The molecule has 0 aromatic heterocycles. The van der Waals surface area contributed by atoms with Crippen LogP contribution in [-0.2, 0) is 16.6 Å². The highest BCUT2D eigenvalue weighted by atomic mass is 16.5. The highest BCUT2D eigenvalue weighted by Gasteiger charge is 2.70. The van der Waals surface area contributed by atoms with E-state index in [0.717, 1.165) is 17.5 Å². The SMILES string of the molecule is CCC[C@@]12c3c4ccc(O)c3OC1C(=O)CCC2(O)C(N(C)C)C4. The van der Waals surface area contributed by atoms with E-state index in [1.54, 1.807) is 6.07 Å². The number of hydrogen-bond acceptors (Lipinski definition) is 5. The van der Waals surface area contributed by atoms with Crippen LogP contribution in [0.4, 0.5) is 0 Å². The molecule has 1 fully saturated rings. The van der Waals surface area contributed by atoms with E-state index in [1.165, 1.54) is 0 Å². The zero-order chi connectivity index (χ0) is 17.3. The fourth-order valence-electron chi connectivity index (χ4n) is 5.51. The van der Waals surface area contributed by atoms with Gasteiger partial charge in [0.05, 0.1) is 11.0 Å². The highest BCUT2D eigenvalue weighted by Crippen LogP contribution is 2.63. The van der Waals surface area contributed by atoms with Gasteiger partial charge in [-0.15, -0.1) is 0 Å². The van der Waals surface area contributed by atoms with Crippen molar-refractivity contribution in [3.63, 3.8) is 0 Å². The van der Waals surface area contributed by atoms with Crippen LogP contribution in [0.1, 0.15) is 43.7 Å². The summed E-state index contributed by atoms with van der Waals surface area (Å²) in [5.41, 5.74) is 0.171. The molecule has 1 saturated carbocycles. The average Bonchev–Trinajstić information content (AvgIpc) is 2.89. The molecule has 0 amide bonds. The topological polar surface area (TPSA) is 70.0 Å². The van der Waals surface area contributed by atoms with E-state index >= 15 is 0 Å². The lowest BCUT2D eigenvalue weighted by atomic mass is 9.50. The molecule has 3 aliphatic rings. The molecule has 1 aromatic rings. The van der Waals surface area contributed by atoms with Crippen molar-refractivity contribution in [2.24, 2.45) is 0 Å². The van der Waals surface area contributed by atoms with Crippen LogP contribution >= 0.6 is 0 Å². The minimum absolute atomic E-state index is 0.0362. The summed E-state index contributed by atoms with van der Waals surface area (Å²) in [5.74, 6) is 0.517. The molecule has 3 unspecified atom stereocenters. The van der Waals surface area contributed by atoms with Gasteiger partial charge in [0.25, 0.3) is 0 Å². The Labute approximate surface area is 142 Å². The lowest BCUT2D eigenvalue weighted by molar-refractivity contribution is -0.168. The first-order valence-corrected chi connectivity index (χ1v) is 8.80. The van der Waals surface area contributed by atoms with Gasteiger partial charge in [-0.1, -0.05) is 19.4 Å². The van der Waals surface area contributed by atoms with Crippen LogP contribution in [0.3, 0.4) is 0 Å². The predicted molar refractivity (Wildman–Crippen MR) is 89.5 cm³/mol. The number of carbonyl (C=O) groups is 1. The number of aromatic hydroxyl groups is 1. The molecular weight excluding hydrogens is 306 g/mol. The molecule has 130 valence electrons. The summed E-state index contributed by atoms with van der Waals surface area (Å²) in [4.78, 5) is 14.8. The molecule has 4 rings (SSSR count). The van der Waals surface area contributed by atoms with Crippen molar-refractivity contribution in [3.8, 4) is 11.5 Å². The average molecular weight is 331 g/mol. The summed E-state index contributed by atoms with van der Waals surface area (Å²) in [6, 6.07) is 3.49. The number of ether oxygens (including phenoxy) is 1. The van der Waals surface area contributed by atoms with E-state index in [-0.39, 0.29) is 17.6 Å². The number of phenols is 1. The van der Waals surface area contributed by atoms with Gasteiger partial charge in [0.1, 0.15) is 0 Å². The monoisotopic (exact) mass is 331 g/mol. The molecule has 0 bridgehead atoms. The van der Waals surface area contributed by atoms with Gasteiger partial charge in [0, 0.05) is 18.0 Å². The maximum Gasteiger partial charge on any atom is 0.174 e. The first kappa shape index (κ1) is 15.9. The van der Waals surface area contributed by atoms with Crippen molar-refractivity contribution in [2.45, 2.75) is 62.2 Å². The second-order valence-corrected chi connectivity index (χ2v) is 7.74. The Morgan fingerprint density at radius 1 is 1.38 bits per heavy atom. The van der Waals surface area contributed by atoms with E-state index in [1.807, 2.05) is 20.2 Å². The molecule has 1 aromatic carbocycles. The van der Waals surface area contributed by atoms with Gasteiger partial charge in [-0.3, -0.25) is 4.79 Å². The second kappa shape index (κ2) is 4.96. The molecule has 24 heavy (non-hydrogen) atoms. The van der Waals surface area contributed by atoms with Crippen molar-refractivity contribution in [3.05, 3.63) is 23.3 Å². The number of hydrogen-bond donors (Lipinski definition) is 2. The number of benzene rings is 1. The van der Waals surface area contributed by atoms with Crippen molar-refractivity contribution in [1.29, 1.82) is 0 Å². The minimum atomic E-state index is -1.03. The van der Waals surface area contributed by atoms with Gasteiger partial charge in [-0.05, 0) is 45.0 Å². The minimum Gasteiger partial charge on any atom is -0.504 e. The Balaban J connectivity index is 2.06. The summed E-state index contributed by atoms with van der Waals surface area (Å²) in [5, 5.41) is 22.2. The van der Waals surface area contributed by atoms with Gasteiger partial charge in [0.2, 0.25) is 0 Å². The summed E-state index contributed by atoms with van der Waals surface area (Å²) < 4.78 is 6.02. The number of rotatable bonds is 3. The second-order valence-electron chi connectivity index (χ2n) is 7.74. The Hall–Kier alpha value is -1.59. The Kier molecular flexibility index (Phi) is 3.29. The predicted octanol–water partition coefficient (Wildman–Crippen LogP) is 1.77. The number of nitrogens with zero attached hydrogens (tertiary/aromatic N) is 1. The third-order valence-electron chi connectivity index (χ3n) is 6.40. The molecule has 0 spiro atoms. The zero-order valence-corrected chi connectivity index (χ0v) is 14.5. The highest BCUT2D eigenvalue weighted by molar-refractivity contribution is 5.89. The van der Waals surface area contributed by atoms with Crippen LogP contribution in [0.25, 0.3) is 0 Å². The maximum absolute atomic E-state index is 12.7. The number of Topliss-reactive ketones (excluding diaryl/α,β-unsaturated/α-hetero) is 1. The molecule has 0 saturated heterocycles. The van der Waals surface area contributed by atoms with Crippen LogP contribution in [0.2, 0.25) is 0 Å². The molecule has 5 heteroatoms. The molecule has 4 atom stereocenters. The van der Waals surface area contributed by atoms with Gasteiger partial charge in [0.15, 0.2) is 23.4 Å². The normalized spacial score (nSPS) is 36.6. The van der Waals surface area contributed by atoms with E-state index in [9.17, 15) is 15.0 Å². The molecule has 5 nitrogen and oxygen atoms in total. The summed E-state index contributed by atoms with van der Waals surface area (Å²) >= 11 is 0. The molecule has 0 radical (unpaired) electrons. The van der Waals surface area contributed by atoms with Crippen LogP contribution < -0.4 is 4.74 Å². The summed E-state index contributed by atoms with van der Waals surface area (Å²) in [6.45, 7) is 2.07. The smallest absolute Gasteiger partial charge is 0.174 e. The zero-order valence-electron chi connectivity index (χ0n) is 14.5. The lowest BCUT2D eigenvalue weighted by Crippen LogP contribution is -2.72. The maximum atomic E-state index is 12.7. The van der Waals surface area contributed by atoms with Gasteiger partial charge < -0.3 is 19.8 Å². The largest absolute Gasteiger partial charge is 0.504 e. The first-order chi connectivity index (χ1) is 11.4. The third-order valence-corrected chi connectivity index (χ3v) is 6.40. The first-order valence-electron chi connectivity index (χ1n) is 8.80. The van der Waals surface area contributed by atoms with Gasteiger partial charge >= 0.3 is 0 Å². The van der Waals surface area contributed by atoms with E-state index in [4.69, 9.17) is 4.74 Å². The van der Waals surface area contributed by atoms with E-state index < -0.39 is 17.1 Å². The van der Waals surface area contributed by atoms with Crippen molar-refractivity contribution in [1.82, 2.24) is 4.90 Å². The van der Waals surface area contributed by atoms with Crippen LogP contribution in [-0.4, -0.2) is 52.7 Å². The van der Waals surface area contributed by atoms with Crippen molar-refractivity contribution >= 4 is 5.78 Å². The van der Waals surface area contributed by atoms with E-state index in [0.29, 0.717) is 31.4 Å². The Morgan fingerprint density at radius 3 is 2.79 bits per heavy atom. The number of phenolic OH excluding ortho intramolecular Hbond substituents is 1. The quantitative estimate of drug-likeness (QED) is 0.883. The fraction of sp³-hybridized carbons (Fsp3) is 0.632. The van der Waals surface area contributed by atoms with Crippen molar-refractivity contribution in [2.75, 3.05) is 14.1 Å². The van der Waals surface area contributed by atoms with Crippen LogP contribution in [0, 0.1) is 0 Å². The fourth-order valence-corrected chi connectivity index (χ4v) is 5.51. The molecule has 2 N–H and O–H groups in total. The van der Waals surface area contributed by atoms with E-state index in [2.05, 4.69) is 11.8 Å². The standard InChI is InChI=1S/C19H25NO4/c1-4-8-18-15-11-5-6-12(21)16(15)24-17(18)13(22)7-9-19(18,23)14(10-11)20(2)3/h5-6,14,17,21,23H,4,7-10H2,1-3H3/t14?,17?,18-,19?/m1/s1. The Bertz CT molecular complexity index is 716. The summed E-state index contributed by atoms with van der Waals surface area (Å²) in [6.07, 6.45) is 2.28. The molecule has 1 heterocycles. The number of carbonyl (C=O) groups excluding carboxylic acids is 1. The number of aliphatic hydroxyl groups is 1. The van der Waals surface area contributed by atoms with Crippen molar-refractivity contribution < 1.29 is 19.7 Å². The van der Waals surface area contributed by atoms with Gasteiger partial charge in [-0.25, -0.2) is 0 Å². The molecule has 1 aliphatic heterocycles. The van der Waals surface area contributed by atoms with Crippen LogP contribution in [0.5, 0.6) is 11.5 Å². The van der Waals surface area contributed by atoms with Gasteiger partial charge in [-0.2, -0.15) is 0 Å². The molecular formula is C19H25NO4. The lowest BCUT2D eigenvalue weighted by Gasteiger charge is -2.58. The Morgan fingerprint density at radius 2 is 2.12 bits per heavy atom. The number of likely N-dealkylation sites (N-methyl/N-ethyl adjacent to an activating group) is 1. The number of ketones is 1. The van der Waals surface area contributed by atoms with Crippen LogP contribution in [0.15, 0.2) is 12.1 Å². The molecule has 2 aliphatic carbocycles. The summed E-state index contributed by atoms with van der Waals surface area (Å²) in [7, 11) is 3.96. The third kappa shape index (κ3) is 1.64.